The van der Waals surface area contributed by atoms with Crippen LogP contribution in [0.2, 0.25) is 5.02 Å². The first kappa shape index (κ1) is 21.4. The van der Waals surface area contributed by atoms with E-state index in [-0.39, 0.29) is 28.3 Å². The van der Waals surface area contributed by atoms with Crippen LogP contribution in [0, 0.1) is 5.82 Å². The van der Waals surface area contributed by atoms with Gasteiger partial charge in [-0.15, -0.1) is 0 Å². The number of phenols is 1. The van der Waals surface area contributed by atoms with Gasteiger partial charge in [0.2, 0.25) is 0 Å². The van der Waals surface area contributed by atoms with Crippen LogP contribution >= 0.6 is 11.6 Å². The highest BCUT2D eigenvalue weighted by Crippen LogP contribution is 2.43. The fourth-order valence-electron chi connectivity index (χ4n) is 3.67. The molecular formula is C24H17ClFNO5. The van der Waals surface area contributed by atoms with Crippen molar-refractivity contribution in [2.75, 3.05) is 12.0 Å². The molecule has 1 fully saturated rings. The summed E-state index contributed by atoms with van der Waals surface area (Å²) < 4.78 is 18.7. The van der Waals surface area contributed by atoms with Crippen molar-refractivity contribution in [3.8, 4) is 11.5 Å². The number of anilines is 1. The summed E-state index contributed by atoms with van der Waals surface area (Å²) in [5, 5.41) is 21.4. The van der Waals surface area contributed by atoms with Crippen LogP contribution in [-0.2, 0) is 9.59 Å². The largest absolute Gasteiger partial charge is 0.508 e. The van der Waals surface area contributed by atoms with Gasteiger partial charge in [-0.25, -0.2) is 4.39 Å². The number of hydrogen-bond acceptors (Lipinski definition) is 5. The summed E-state index contributed by atoms with van der Waals surface area (Å²) in [5.41, 5.74) is 0.674. The van der Waals surface area contributed by atoms with Gasteiger partial charge in [0.25, 0.3) is 11.7 Å². The van der Waals surface area contributed by atoms with Crippen molar-refractivity contribution in [3.05, 3.63) is 94.3 Å². The van der Waals surface area contributed by atoms with Crippen molar-refractivity contribution >= 4 is 34.7 Å². The molecule has 0 bridgehead atoms. The molecule has 3 aromatic carbocycles. The molecule has 1 unspecified atom stereocenters. The van der Waals surface area contributed by atoms with Crippen molar-refractivity contribution in [1.82, 2.24) is 0 Å². The molecule has 8 heteroatoms. The molecule has 0 radical (unpaired) electrons. The highest BCUT2D eigenvalue weighted by molar-refractivity contribution is 6.51. The molecule has 0 aromatic heterocycles. The van der Waals surface area contributed by atoms with Gasteiger partial charge in [0.1, 0.15) is 23.1 Å². The van der Waals surface area contributed by atoms with E-state index >= 15 is 0 Å². The number of halogens is 2. The van der Waals surface area contributed by atoms with Gasteiger partial charge in [0, 0.05) is 11.3 Å². The predicted molar refractivity (Wildman–Crippen MR) is 117 cm³/mol. The monoisotopic (exact) mass is 453 g/mol. The second-order valence-electron chi connectivity index (χ2n) is 7.09. The number of aliphatic hydroxyl groups excluding tert-OH is 1. The van der Waals surface area contributed by atoms with Gasteiger partial charge in [-0.2, -0.15) is 0 Å². The molecule has 1 aliphatic heterocycles. The molecule has 0 spiro atoms. The lowest BCUT2D eigenvalue weighted by atomic mass is 9.95. The van der Waals surface area contributed by atoms with Crippen LogP contribution in [0.3, 0.4) is 0 Å². The lowest BCUT2D eigenvalue weighted by Crippen LogP contribution is -2.29. The summed E-state index contributed by atoms with van der Waals surface area (Å²) in [5.74, 6) is -2.57. The first-order chi connectivity index (χ1) is 15.3. The number of nitrogens with zero attached hydrogens (tertiary/aromatic N) is 1. The van der Waals surface area contributed by atoms with E-state index < -0.39 is 29.3 Å². The summed E-state index contributed by atoms with van der Waals surface area (Å²) in [4.78, 5) is 27.2. The first-order valence-electron chi connectivity index (χ1n) is 9.51. The minimum atomic E-state index is -1.06. The Morgan fingerprint density at radius 1 is 1.06 bits per heavy atom. The van der Waals surface area contributed by atoms with E-state index in [1.807, 2.05) is 0 Å². The Labute approximate surface area is 187 Å². The molecule has 1 aliphatic rings. The van der Waals surface area contributed by atoms with Crippen molar-refractivity contribution in [2.24, 2.45) is 0 Å². The Morgan fingerprint density at radius 3 is 2.44 bits per heavy atom. The van der Waals surface area contributed by atoms with Gasteiger partial charge in [0.15, 0.2) is 0 Å². The Bertz CT molecular complexity index is 1260. The highest BCUT2D eigenvalue weighted by Gasteiger charge is 2.47. The van der Waals surface area contributed by atoms with E-state index in [0.717, 1.165) is 17.0 Å². The maximum absolute atomic E-state index is 13.5. The van der Waals surface area contributed by atoms with Gasteiger partial charge in [-0.05, 0) is 60.2 Å². The average molecular weight is 454 g/mol. The molecule has 1 saturated heterocycles. The van der Waals surface area contributed by atoms with E-state index in [9.17, 15) is 24.2 Å². The van der Waals surface area contributed by atoms with Crippen molar-refractivity contribution in [3.63, 3.8) is 0 Å². The molecular weight excluding hydrogens is 437 g/mol. The zero-order valence-electron chi connectivity index (χ0n) is 16.8. The van der Waals surface area contributed by atoms with Crippen LogP contribution in [0.15, 0.2) is 72.3 Å². The number of ether oxygens (including phenoxy) is 1. The van der Waals surface area contributed by atoms with Crippen LogP contribution in [0.25, 0.3) is 5.76 Å². The molecule has 0 saturated carbocycles. The fraction of sp³-hybridized carbons (Fsp3) is 0.0833. The van der Waals surface area contributed by atoms with Crippen molar-refractivity contribution in [2.45, 2.75) is 6.04 Å². The molecule has 1 heterocycles. The lowest BCUT2D eigenvalue weighted by Gasteiger charge is -2.25. The van der Waals surface area contributed by atoms with Crippen molar-refractivity contribution < 1.29 is 28.9 Å². The molecule has 32 heavy (non-hydrogen) atoms. The number of ketones is 1. The fourth-order valence-corrected chi connectivity index (χ4v) is 3.87. The van der Waals surface area contributed by atoms with Gasteiger partial charge >= 0.3 is 0 Å². The molecule has 3 aromatic rings. The van der Waals surface area contributed by atoms with Gasteiger partial charge in [-0.1, -0.05) is 23.7 Å². The third-order valence-corrected chi connectivity index (χ3v) is 5.47. The minimum absolute atomic E-state index is 0.0830. The minimum Gasteiger partial charge on any atom is -0.508 e. The topological polar surface area (TPSA) is 87.1 Å². The second-order valence-corrected chi connectivity index (χ2v) is 7.50. The zero-order valence-corrected chi connectivity index (χ0v) is 17.5. The second kappa shape index (κ2) is 8.36. The van der Waals surface area contributed by atoms with Crippen molar-refractivity contribution in [1.29, 1.82) is 0 Å². The number of hydrogen-bond donors (Lipinski definition) is 2. The molecule has 6 nitrogen and oxygen atoms in total. The smallest absolute Gasteiger partial charge is 0.300 e. The summed E-state index contributed by atoms with van der Waals surface area (Å²) in [6.45, 7) is 0. The molecule has 4 rings (SSSR count). The highest BCUT2D eigenvalue weighted by atomic mass is 35.5. The number of aliphatic hydroxyl groups is 1. The van der Waals surface area contributed by atoms with Crippen LogP contribution in [-0.4, -0.2) is 29.0 Å². The number of carbonyl (C=O) groups excluding carboxylic acids is 2. The molecule has 162 valence electrons. The number of phenolic OH excluding ortho intramolecular Hbond substituents is 1. The Balaban J connectivity index is 1.95. The van der Waals surface area contributed by atoms with E-state index in [1.54, 1.807) is 12.1 Å². The Kier molecular flexibility index (Phi) is 5.59. The predicted octanol–water partition coefficient (Wildman–Crippen LogP) is 4.82. The lowest BCUT2D eigenvalue weighted by molar-refractivity contribution is -0.132. The number of aromatic hydroxyl groups is 1. The third kappa shape index (κ3) is 3.67. The number of rotatable bonds is 4. The first-order valence-corrected chi connectivity index (χ1v) is 9.89. The van der Waals surface area contributed by atoms with Crippen LogP contribution in [0.1, 0.15) is 17.2 Å². The van der Waals surface area contributed by atoms with Gasteiger partial charge < -0.3 is 14.9 Å². The quantitative estimate of drug-likeness (QED) is 0.336. The van der Waals surface area contributed by atoms with E-state index in [0.29, 0.717) is 10.6 Å². The Hall–Kier alpha value is -3.84. The van der Waals surface area contributed by atoms with Crippen LogP contribution in [0.5, 0.6) is 11.5 Å². The summed E-state index contributed by atoms with van der Waals surface area (Å²) in [6, 6.07) is 14.4. The molecule has 2 N–H and O–H groups in total. The molecule has 1 amide bonds. The summed E-state index contributed by atoms with van der Waals surface area (Å²) in [7, 11) is 1.41. The zero-order chi connectivity index (χ0) is 23.0. The van der Waals surface area contributed by atoms with E-state index in [4.69, 9.17) is 16.3 Å². The standard InChI is InChI=1S/C24H17ClFNO5/c1-32-19-12-14(5-10-18(19)25)22(29)20-21(13-3-2-4-17(28)11-13)27(24(31)23(20)30)16-8-6-15(26)7-9-16/h2-12,21,28-29H,1H3/b22-20-. The number of carbonyl (C=O) groups is 2. The Morgan fingerprint density at radius 2 is 1.78 bits per heavy atom. The number of methoxy groups -OCH3 is 1. The number of Topliss-reactive ketones (excluding diaryl/α,β-unsaturated/α-hetero) is 1. The maximum Gasteiger partial charge on any atom is 0.300 e. The average Bonchev–Trinajstić information content (AvgIpc) is 3.05. The normalized spacial score (nSPS) is 17.6. The SMILES string of the molecule is COc1cc(/C(O)=C2/C(=O)C(=O)N(c3ccc(F)cc3)C2c2cccc(O)c2)ccc1Cl. The summed E-state index contributed by atoms with van der Waals surface area (Å²) in [6.07, 6.45) is 0. The number of benzene rings is 3. The van der Waals surface area contributed by atoms with Gasteiger partial charge in [-0.3, -0.25) is 14.5 Å². The van der Waals surface area contributed by atoms with Gasteiger partial charge in [0.05, 0.1) is 23.7 Å². The van der Waals surface area contributed by atoms with E-state index in [2.05, 4.69) is 0 Å². The third-order valence-electron chi connectivity index (χ3n) is 5.16. The molecule has 1 atom stereocenters. The van der Waals surface area contributed by atoms with Crippen LogP contribution in [0.4, 0.5) is 10.1 Å². The van der Waals surface area contributed by atoms with E-state index in [1.165, 1.54) is 49.6 Å². The maximum atomic E-state index is 13.5. The summed E-state index contributed by atoms with van der Waals surface area (Å²) >= 11 is 6.06. The number of amides is 1. The van der Waals surface area contributed by atoms with Crippen LogP contribution < -0.4 is 9.64 Å². The molecule has 0 aliphatic carbocycles.